The molecule has 2 aliphatic heterocycles. The lowest BCUT2D eigenvalue weighted by molar-refractivity contribution is -0.386. The zero-order valence-electron chi connectivity index (χ0n) is 17.5. The molecule has 0 spiro atoms. The molecular weight excluding hydrogens is 382 g/mol. The van der Waals surface area contributed by atoms with Crippen LogP contribution in [0.25, 0.3) is 0 Å². The number of fused-ring (bicyclic) bond motifs is 1. The average Bonchev–Trinajstić information content (AvgIpc) is 3.13. The molecule has 1 aromatic rings. The first-order valence-electron chi connectivity index (χ1n) is 9.38. The quantitative estimate of drug-likeness (QED) is 0.399. The van der Waals surface area contributed by atoms with Crippen molar-refractivity contribution in [2.45, 2.75) is 70.7 Å². The molecule has 2 atom stereocenters. The van der Waals surface area contributed by atoms with Crippen molar-refractivity contribution in [2.24, 2.45) is 0 Å². The van der Waals surface area contributed by atoms with E-state index in [1.165, 1.54) is 6.07 Å². The molecule has 2 heterocycles. The first kappa shape index (κ1) is 21.0. The Labute approximate surface area is 166 Å². The van der Waals surface area contributed by atoms with E-state index in [0.717, 1.165) is 0 Å². The second-order valence-corrected chi connectivity index (χ2v) is 14.0. The van der Waals surface area contributed by atoms with Gasteiger partial charge in [0, 0.05) is 0 Å². The third kappa shape index (κ3) is 4.02. The highest BCUT2D eigenvalue weighted by molar-refractivity contribution is 6.74. The van der Waals surface area contributed by atoms with Gasteiger partial charge in [-0.2, -0.15) is 0 Å². The summed E-state index contributed by atoms with van der Waals surface area (Å²) in [5.41, 5.74) is 0.330. The number of nitro groups is 1. The van der Waals surface area contributed by atoms with Gasteiger partial charge in [-0.05, 0) is 38.0 Å². The van der Waals surface area contributed by atoms with Crippen LogP contribution >= 0.6 is 0 Å². The maximum Gasteiger partial charge on any atom is 0.279 e. The van der Waals surface area contributed by atoms with Crippen LogP contribution in [0.4, 0.5) is 5.69 Å². The predicted molar refractivity (Wildman–Crippen MR) is 105 cm³/mol. The Bertz CT molecular complexity index is 772. The van der Waals surface area contributed by atoms with Crippen molar-refractivity contribution in [3.63, 3.8) is 0 Å². The first-order chi connectivity index (χ1) is 12.8. The second kappa shape index (κ2) is 6.98. The van der Waals surface area contributed by atoms with Gasteiger partial charge in [0.05, 0.1) is 23.2 Å². The Balaban J connectivity index is 1.92. The molecule has 9 heteroatoms. The molecule has 0 unspecified atom stereocenters. The molecule has 1 saturated heterocycles. The highest BCUT2D eigenvalue weighted by atomic mass is 28.4. The highest BCUT2D eigenvalue weighted by Crippen LogP contribution is 2.47. The second-order valence-electron chi connectivity index (χ2n) is 9.19. The number of rotatable bonds is 5. The Kier molecular flexibility index (Phi) is 5.24. The van der Waals surface area contributed by atoms with Crippen LogP contribution in [0.3, 0.4) is 0 Å². The highest BCUT2D eigenvalue weighted by Gasteiger charge is 2.47. The molecular formula is C19H29NO7Si. The van der Waals surface area contributed by atoms with Crippen molar-refractivity contribution in [3.8, 4) is 11.5 Å². The Hall–Kier alpha value is -1.68. The molecule has 156 valence electrons. The number of hydrogen-bond acceptors (Lipinski definition) is 7. The number of nitro benzene ring substituents is 1. The van der Waals surface area contributed by atoms with Crippen LogP contribution < -0.4 is 9.47 Å². The van der Waals surface area contributed by atoms with Gasteiger partial charge >= 0.3 is 0 Å². The van der Waals surface area contributed by atoms with E-state index in [1.54, 1.807) is 19.9 Å². The van der Waals surface area contributed by atoms with Crippen LogP contribution in [0.5, 0.6) is 11.5 Å². The zero-order valence-corrected chi connectivity index (χ0v) is 18.5. The van der Waals surface area contributed by atoms with Gasteiger partial charge in [-0.25, -0.2) is 0 Å². The molecule has 1 aromatic carbocycles. The van der Waals surface area contributed by atoms with Gasteiger partial charge in [0.2, 0.25) is 6.79 Å². The van der Waals surface area contributed by atoms with Gasteiger partial charge in [-0.1, -0.05) is 20.8 Å². The minimum absolute atomic E-state index is 0.0430. The van der Waals surface area contributed by atoms with Crippen LogP contribution in [-0.4, -0.2) is 38.5 Å². The largest absolute Gasteiger partial charge is 0.454 e. The molecule has 3 rings (SSSR count). The van der Waals surface area contributed by atoms with Crippen molar-refractivity contribution in [1.82, 2.24) is 0 Å². The minimum Gasteiger partial charge on any atom is -0.454 e. The van der Waals surface area contributed by atoms with E-state index in [9.17, 15) is 10.1 Å². The summed E-state index contributed by atoms with van der Waals surface area (Å²) in [5.74, 6) is -0.0447. The number of benzene rings is 1. The van der Waals surface area contributed by atoms with Gasteiger partial charge in [0.15, 0.2) is 25.6 Å². The Morgan fingerprint density at radius 1 is 1.21 bits per heavy atom. The lowest BCUT2D eigenvalue weighted by atomic mass is 10.0. The lowest BCUT2D eigenvalue weighted by Crippen LogP contribution is -2.43. The molecule has 0 N–H and O–H groups in total. The normalized spacial score (nSPS) is 23.8. The van der Waals surface area contributed by atoms with Gasteiger partial charge in [-0.15, -0.1) is 0 Å². The van der Waals surface area contributed by atoms with Gasteiger partial charge in [0.25, 0.3) is 5.69 Å². The lowest BCUT2D eigenvalue weighted by Gasteiger charge is -2.37. The molecule has 2 aliphatic rings. The topological polar surface area (TPSA) is 89.3 Å². The number of ether oxygens (including phenoxy) is 4. The fourth-order valence-electron chi connectivity index (χ4n) is 3.06. The molecule has 0 aliphatic carbocycles. The molecule has 1 fully saturated rings. The zero-order chi connectivity index (χ0) is 20.9. The smallest absolute Gasteiger partial charge is 0.279 e. The average molecular weight is 412 g/mol. The van der Waals surface area contributed by atoms with E-state index in [2.05, 4.69) is 33.9 Å². The maximum absolute atomic E-state index is 11.7. The summed E-state index contributed by atoms with van der Waals surface area (Å²) in [4.78, 5) is 11.3. The van der Waals surface area contributed by atoms with Gasteiger partial charge in [-0.3, -0.25) is 10.1 Å². The minimum atomic E-state index is -2.02. The van der Waals surface area contributed by atoms with Crippen molar-refractivity contribution in [1.29, 1.82) is 0 Å². The SMILES string of the molecule is CC1(C)O[C@@H](CO[Si](C)(C)C(C)(C)C)[C@H](c2cc3c(cc2[N+](=O)[O-])OCO3)O1. The summed E-state index contributed by atoms with van der Waals surface area (Å²) in [6.45, 7) is 14.7. The summed E-state index contributed by atoms with van der Waals surface area (Å²) < 4.78 is 29.1. The summed E-state index contributed by atoms with van der Waals surface area (Å²) in [5, 5.41) is 11.7. The van der Waals surface area contributed by atoms with E-state index in [4.69, 9.17) is 23.4 Å². The molecule has 0 bridgehead atoms. The summed E-state index contributed by atoms with van der Waals surface area (Å²) in [7, 11) is -2.02. The number of hydrogen-bond donors (Lipinski definition) is 0. The third-order valence-electron chi connectivity index (χ3n) is 5.62. The standard InChI is InChI=1S/C19H29NO7Si/c1-18(2,3)28(6,7)25-10-16-17(27-19(4,5)26-16)12-8-14-15(24-11-23-14)9-13(12)20(21)22/h8-9,16-17H,10-11H2,1-7H3/t16-,17-/m0/s1. The summed E-state index contributed by atoms with van der Waals surface area (Å²) in [6.07, 6.45) is -1.11. The van der Waals surface area contributed by atoms with E-state index < -0.39 is 31.2 Å². The van der Waals surface area contributed by atoms with Crippen LogP contribution in [-0.2, 0) is 13.9 Å². The molecule has 0 aromatic heterocycles. The number of nitrogens with zero attached hydrogens (tertiary/aromatic N) is 1. The summed E-state index contributed by atoms with van der Waals surface area (Å²) >= 11 is 0. The van der Waals surface area contributed by atoms with Gasteiger partial charge < -0.3 is 23.4 Å². The van der Waals surface area contributed by atoms with Crippen molar-refractivity contribution in [3.05, 3.63) is 27.8 Å². The van der Waals surface area contributed by atoms with Crippen molar-refractivity contribution < 1.29 is 28.3 Å². The monoisotopic (exact) mass is 411 g/mol. The van der Waals surface area contributed by atoms with Gasteiger partial charge in [0.1, 0.15) is 12.2 Å². The Morgan fingerprint density at radius 3 is 2.39 bits per heavy atom. The van der Waals surface area contributed by atoms with Crippen LogP contribution in [0.15, 0.2) is 12.1 Å². The van der Waals surface area contributed by atoms with E-state index in [-0.39, 0.29) is 17.5 Å². The maximum atomic E-state index is 11.7. The molecule has 8 nitrogen and oxygen atoms in total. The van der Waals surface area contributed by atoms with E-state index in [1.807, 2.05) is 0 Å². The van der Waals surface area contributed by atoms with Crippen LogP contribution in [0.2, 0.25) is 18.1 Å². The fourth-order valence-corrected chi connectivity index (χ4v) is 4.07. The van der Waals surface area contributed by atoms with E-state index >= 15 is 0 Å². The predicted octanol–water partition coefficient (Wildman–Crippen LogP) is 4.54. The van der Waals surface area contributed by atoms with Crippen molar-refractivity contribution >= 4 is 14.0 Å². The molecule has 0 amide bonds. The van der Waals surface area contributed by atoms with Crippen LogP contribution in [0.1, 0.15) is 46.3 Å². The fraction of sp³-hybridized carbons (Fsp3) is 0.684. The van der Waals surface area contributed by atoms with Crippen molar-refractivity contribution in [2.75, 3.05) is 13.4 Å². The summed E-state index contributed by atoms with van der Waals surface area (Å²) in [6, 6.07) is 3.01. The molecule has 0 saturated carbocycles. The first-order valence-corrected chi connectivity index (χ1v) is 12.3. The van der Waals surface area contributed by atoms with Crippen LogP contribution in [0, 0.1) is 10.1 Å². The Morgan fingerprint density at radius 2 is 1.82 bits per heavy atom. The molecule has 0 radical (unpaired) electrons. The molecule has 28 heavy (non-hydrogen) atoms. The van der Waals surface area contributed by atoms with E-state index in [0.29, 0.717) is 23.7 Å². The third-order valence-corrected chi connectivity index (χ3v) is 10.1.